The maximum Gasteiger partial charge on any atom is 0.128 e. The second kappa shape index (κ2) is 5.02. The summed E-state index contributed by atoms with van der Waals surface area (Å²) in [6.45, 7) is 2.05. The van der Waals surface area contributed by atoms with E-state index in [1.807, 2.05) is 36.4 Å². The minimum absolute atomic E-state index is 0.796. The van der Waals surface area contributed by atoms with Crippen LogP contribution in [0, 0.1) is 6.92 Å². The van der Waals surface area contributed by atoms with E-state index in [1.165, 1.54) is 11.1 Å². The van der Waals surface area contributed by atoms with Gasteiger partial charge in [-0.2, -0.15) is 0 Å². The molecule has 3 aromatic rings. The second-order valence-corrected chi connectivity index (χ2v) is 5.90. The number of fused-ring (bicyclic) bond motifs is 2. The zero-order chi connectivity index (χ0) is 15.1. The predicted molar refractivity (Wildman–Crippen MR) is 89.4 cm³/mol. The minimum Gasteiger partial charge on any atom is -0.457 e. The van der Waals surface area contributed by atoms with Crippen LogP contribution in [0.15, 0.2) is 42.5 Å². The van der Waals surface area contributed by atoms with Gasteiger partial charge in [0.15, 0.2) is 0 Å². The Morgan fingerprint density at radius 1 is 1.05 bits per heavy atom. The van der Waals surface area contributed by atoms with E-state index in [1.54, 1.807) is 0 Å². The minimum atomic E-state index is 0.796. The standard InChI is InChI=1S/C19H18N2O/c1-12-4-2-5-13(10-12)22-14-8-9-18-16(11-14)19(20)15-6-3-7-17(15)21-18/h2,4-5,8-11H,3,6-7H2,1H3,(H2,20,21). The first-order chi connectivity index (χ1) is 10.7. The molecule has 4 rings (SSSR count). The van der Waals surface area contributed by atoms with Crippen molar-refractivity contribution in [2.75, 3.05) is 5.73 Å². The van der Waals surface area contributed by atoms with E-state index in [0.717, 1.165) is 53.0 Å². The lowest BCUT2D eigenvalue weighted by molar-refractivity contribution is 0.483. The lowest BCUT2D eigenvalue weighted by Crippen LogP contribution is -1.98. The van der Waals surface area contributed by atoms with Gasteiger partial charge in [-0.05, 0) is 67.6 Å². The molecular weight excluding hydrogens is 272 g/mol. The summed E-state index contributed by atoms with van der Waals surface area (Å²) in [6.07, 6.45) is 3.22. The highest BCUT2D eigenvalue weighted by molar-refractivity contribution is 5.93. The first-order valence-corrected chi connectivity index (χ1v) is 7.66. The summed E-state index contributed by atoms with van der Waals surface area (Å²) in [5.74, 6) is 1.64. The molecule has 110 valence electrons. The molecule has 3 nitrogen and oxygen atoms in total. The van der Waals surface area contributed by atoms with E-state index < -0.39 is 0 Å². The summed E-state index contributed by atoms with van der Waals surface area (Å²) in [4.78, 5) is 4.74. The zero-order valence-electron chi connectivity index (χ0n) is 12.6. The number of aryl methyl sites for hydroxylation is 2. The summed E-state index contributed by atoms with van der Waals surface area (Å²) < 4.78 is 5.96. The van der Waals surface area contributed by atoms with Gasteiger partial charge < -0.3 is 10.5 Å². The molecule has 0 amide bonds. The van der Waals surface area contributed by atoms with Crippen molar-refractivity contribution in [3.05, 3.63) is 59.3 Å². The summed E-state index contributed by atoms with van der Waals surface area (Å²) in [5.41, 5.74) is 11.7. The van der Waals surface area contributed by atoms with Crippen LogP contribution in [0.1, 0.15) is 23.2 Å². The zero-order valence-corrected chi connectivity index (χ0v) is 12.6. The van der Waals surface area contributed by atoms with Crippen LogP contribution in [-0.4, -0.2) is 4.98 Å². The molecule has 22 heavy (non-hydrogen) atoms. The number of nitrogens with two attached hydrogens (primary N) is 1. The van der Waals surface area contributed by atoms with Gasteiger partial charge in [0.1, 0.15) is 11.5 Å². The SMILES string of the molecule is Cc1cccc(Oc2ccc3nc4c(c(N)c3c2)CCC4)c1. The third-order valence-corrected chi connectivity index (χ3v) is 4.25. The van der Waals surface area contributed by atoms with Crippen LogP contribution in [-0.2, 0) is 12.8 Å². The first-order valence-electron chi connectivity index (χ1n) is 7.66. The lowest BCUT2D eigenvalue weighted by atomic mass is 10.1. The molecule has 1 aliphatic rings. The Kier molecular flexibility index (Phi) is 3.00. The average molecular weight is 290 g/mol. The van der Waals surface area contributed by atoms with Crippen LogP contribution in [0.25, 0.3) is 10.9 Å². The molecule has 3 heteroatoms. The Labute approximate surface area is 129 Å². The quantitative estimate of drug-likeness (QED) is 0.760. The van der Waals surface area contributed by atoms with Crippen molar-refractivity contribution in [3.63, 3.8) is 0 Å². The lowest BCUT2D eigenvalue weighted by Gasteiger charge is -2.11. The highest BCUT2D eigenvalue weighted by atomic mass is 16.5. The number of anilines is 1. The molecule has 0 unspecified atom stereocenters. The fourth-order valence-electron chi connectivity index (χ4n) is 3.16. The summed E-state index contributed by atoms with van der Waals surface area (Å²) in [6, 6.07) is 14.0. The van der Waals surface area contributed by atoms with Crippen molar-refractivity contribution in [2.45, 2.75) is 26.2 Å². The Bertz CT molecular complexity index is 871. The predicted octanol–water partition coefficient (Wildman–Crippen LogP) is 4.41. The molecule has 0 bridgehead atoms. The second-order valence-electron chi connectivity index (χ2n) is 5.90. The maximum atomic E-state index is 6.36. The van der Waals surface area contributed by atoms with Gasteiger partial charge in [-0.1, -0.05) is 12.1 Å². The largest absolute Gasteiger partial charge is 0.457 e. The van der Waals surface area contributed by atoms with E-state index >= 15 is 0 Å². The Morgan fingerprint density at radius 3 is 2.77 bits per heavy atom. The molecular formula is C19H18N2O. The molecule has 0 atom stereocenters. The third kappa shape index (κ3) is 2.19. The molecule has 0 aliphatic heterocycles. The van der Waals surface area contributed by atoms with Gasteiger partial charge in [0.05, 0.1) is 5.52 Å². The Hall–Kier alpha value is -2.55. The van der Waals surface area contributed by atoms with Crippen LogP contribution in [0.4, 0.5) is 5.69 Å². The van der Waals surface area contributed by atoms with E-state index in [4.69, 9.17) is 15.5 Å². The number of hydrogen-bond acceptors (Lipinski definition) is 3. The van der Waals surface area contributed by atoms with Crippen molar-refractivity contribution in [3.8, 4) is 11.5 Å². The van der Waals surface area contributed by atoms with Gasteiger partial charge in [-0.3, -0.25) is 4.98 Å². The van der Waals surface area contributed by atoms with Crippen LogP contribution in [0.3, 0.4) is 0 Å². The maximum absolute atomic E-state index is 6.36. The van der Waals surface area contributed by atoms with Crippen molar-refractivity contribution in [1.29, 1.82) is 0 Å². The summed E-state index contributed by atoms with van der Waals surface area (Å²) >= 11 is 0. The molecule has 1 aliphatic carbocycles. The van der Waals surface area contributed by atoms with Crippen LogP contribution in [0.5, 0.6) is 11.5 Å². The van der Waals surface area contributed by atoms with Gasteiger partial charge in [-0.25, -0.2) is 0 Å². The molecule has 0 radical (unpaired) electrons. The molecule has 2 N–H and O–H groups in total. The number of nitrogen functional groups attached to an aromatic ring is 1. The van der Waals surface area contributed by atoms with Crippen molar-refractivity contribution >= 4 is 16.6 Å². The van der Waals surface area contributed by atoms with E-state index in [0.29, 0.717) is 0 Å². The van der Waals surface area contributed by atoms with Crippen LogP contribution >= 0.6 is 0 Å². The fourth-order valence-corrected chi connectivity index (χ4v) is 3.16. The van der Waals surface area contributed by atoms with E-state index in [2.05, 4.69) is 13.0 Å². The smallest absolute Gasteiger partial charge is 0.128 e. The number of aromatic nitrogens is 1. The van der Waals surface area contributed by atoms with Gasteiger partial charge >= 0.3 is 0 Å². The number of benzene rings is 2. The van der Waals surface area contributed by atoms with Crippen LogP contribution in [0.2, 0.25) is 0 Å². The van der Waals surface area contributed by atoms with Gasteiger partial charge in [0.2, 0.25) is 0 Å². The van der Waals surface area contributed by atoms with Gasteiger partial charge in [-0.15, -0.1) is 0 Å². The van der Waals surface area contributed by atoms with Gasteiger partial charge in [0.25, 0.3) is 0 Å². The van der Waals surface area contributed by atoms with Gasteiger partial charge in [0, 0.05) is 16.8 Å². The molecule has 0 spiro atoms. The molecule has 2 aromatic carbocycles. The molecule has 0 fully saturated rings. The summed E-state index contributed by atoms with van der Waals surface area (Å²) in [5, 5.41) is 0.991. The highest BCUT2D eigenvalue weighted by Gasteiger charge is 2.18. The third-order valence-electron chi connectivity index (χ3n) is 4.25. The van der Waals surface area contributed by atoms with Crippen molar-refractivity contribution in [1.82, 2.24) is 4.98 Å². The topological polar surface area (TPSA) is 48.1 Å². The Balaban J connectivity index is 1.77. The number of pyridine rings is 1. The van der Waals surface area contributed by atoms with E-state index in [-0.39, 0.29) is 0 Å². The fraction of sp³-hybridized carbons (Fsp3) is 0.211. The normalized spacial score (nSPS) is 13.3. The van der Waals surface area contributed by atoms with Crippen molar-refractivity contribution in [2.24, 2.45) is 0 Å². The number of hydrogen-bond donors (Lipinski definition) is 1. The average Bonchev–Trinajstić information content (AvgIpc) is 2.97. The highest BCUT2D eigenvalue weighted by Crippen LogP contribution is 2.34. The first kappa shape index (κ1) is 13.1. The molecule has 1 aromatic heterocycles. The molecule has 0 saturated heterocycles. The Morgan fingerprint density at radius 2 is 1.91 bits per heavy atom. The van der Waals surface area contributed by atoms with Crippen LogP contribution < -0.4 is 10.5 Å². The molecule has 1 heterocycles. The number of rotatable bonds is 2. The summed E-state index contributed by atoms with van der Waals surface area (Å²) in [7, 11) is 0. The number of ether oxygens (including phenoxy) is 1. The monoisotopic (exact) mass is 290 g/mol. The van der Waals surface area contributed by atoms with Crippen molar-refractivity contribution < 1.29 is 4.74 Å². The number of nitrogens with zero attached hydrogens (tertiary/aromatic N) is 1. The molecule has 0 saturated carbocycles. The van der Waals surface area contributed by atoms with E-state index in [9.17, 15) is 0 Å².